The van der Waals surface area contributed by atoms with Gasteiger partial charge in [0.05, 0.1) is 5.75 Å². The zero-order valence-corrected chi connectivity index (χ0v) is 19.1. The largest absolute Gasteiger partial charge is 0.351 e. The Morgan fingerprint density at radius 3 is 2.25 bits per heavy atom. The van der Waals surface area contributed by atoms with Gasteiger partial charge in [0.2, 0.25) is 5.91 Å². The van der Waals surface area contributed by atoms with E-state index in [4.69, 9.17) is 0 Å². The second kappa shape index (κ2) is 10.3. The van der Waals surface area contributed by atoms with Crippen molar-refractivity contribution in [1.82, 2.24) is 20.1 Å². The van der Waals surface area contributed by atoms with Crippen LogP contribution in [0.2, 0.25) is 0 Å². The second-order valence-electron chi connectivity index (χ2n) is 7.72. The van der Waals surface area contributed by atoms with Crippen molar-refractivity contribution in [3.05, 3.63) is 107 Å². The number of carbonyl (C=O) groups is 1. The number of carbonyl (C=O) groups excluding carboxylic acids is 1. The fourth-order valence-electron chi connectivity index (χ4n) is 3.39. The molecule has 1 N–H and O–H groups in total. The first kappa shape index (κ1) is 21.8. The second-order valence-corrected chi connectivity index (χ2v) is 8.66. The molecule has 1 aromatic heterocycles. The third-order valence-electron chi connectivity index (χ3n) is 5.32. The maximum Gasteiger partial charge on any atom is 0.230 e. The summed E-state index contributed by atoms with van der Waals surface area (Å²) in [4.78, 5) is 12.4. The van der Waals surface area contributed by atoms with Crippen LogP contribution >= 0.6 is 11.8 Å². The highest BCUT2D eigenvalue weighted by atomic mass is 32.2. The van der Waals surface area contributed by atoms with Gasteiger partial charge in [0.1, 0.15) is 5.82 Å². The van der Waals surface area contributed by atoms with Gasteiger partial charge in [-0.25, -0.2) is 0 Å². The minimum Gasteiger partial charge on any atom is -0.351 e. The molecule has 3 aromatic carbocycles. The SMILES string of the molecule is Cc1ccc(-n2c(Cc3ccccc3)nnc2SCC(=O)NCc2ccccc2)cc1C. The normalized spacial score (nSPS) is 10.8. The van der Waals surface area contributed by atoms with Gasteiger partial charge in [0.15, 0.2) is 5.16 Å². The van der Waals surface area contributed by atoms with E-state index in [2.05, 4.69) is 64.3 Å². The summed E-state index contributed by atoms with van der Waals surface area (Å²) in [6, 6.07) is 26.5. The van der Waals surface area contributed by atoms with Crippen LogP contribution in [0.1, 0.15) is 28.1 Å². The fourth-order valence-corrected chi connectivity index (χ4v) is 4.19. The van der Waals surface area contributed by atoms with Crippen LogP contribution in [-0.2, 0) is 17.8 Å². The van der Waals surface area contributed by atoms with Crippen LogP contribution < -0.4 is 5.32 Å². The van der Waals surface area contributed by atoms with Crippen molar-refractivity contribution in [3.8, 4) is 5.69 Å². The van der Waals surface area contributed by atoms with E-state index in [0.29, 0.717) is 18.1 Å². The van der Waals surface area contributed by atoms with Crippen LogP contribution in [0, 0.1) is 13.8 Å². The maximum atomic E-state index is 12.4. The summed E-state index contributed by atoms with van der Waals surface area (Å²) in [5.74, 6) is 1.10. The smallest absolute Gasteiger partial charge is 0.230 e. The van der Waals surface area contributed by atoms with E-state index in [-0.39, 0.29) is 11.7 Å². The number of nitrogens with one attached hydrogen (secondary N) is 1. The predicted octanol–water partition coefficient (Wildman–Crippen LogP) is 4.88. The molecule has 1 heterocycles. The molecule has 6 heteroatoms. The summed E-state index contributed by atoms with van der Waals surface area (Å²) in [5.41, 5.74) is 5.70. The molecule has 0 fully saturated rings. The third kappa shape index (κ3) is 5.45. The number of benzene rings is 3. The zero-order valence-electron chi connectivity index (χ0n) is 18.3. The van der Waals surface area contributed by atoms with E-state index in [9.17, 15) is 4.79 Å². The summed E-state index contributed by atoms with van der Waals surface area (Å²) in [6.45, 7) is 4.72. The number of amides is 1. The lowest BCUT2D eigenvalue weighted by atomic mass is 10.1. The van der Waals surface area contributed by atoms with Crippen molar-refractivity contribution in [2.45, 2.75) is 32.0 Å². The molecule has 162 valence electrons. The molecule has 0 saturated carbocycles. The third-order valence-corrected chi connectivity index (χ3v) is 6.25. The van der Waals surface area contributed by atoms with Crippen LogP contribution in [-0.4, -0.2) is 26.4 Å². The molecule has 0 spiro atoms. The van der Waals surface area contributed by atoms with Crippen LogP contribution in [0.25, 0.3) is 5.69 Å². The van der Waals surface area contributed by atoms with Gasteiger partial charge in [0, 0.05) is 18.7 Å². The predicted molar refractivity (Wildman–Crippen MR) is 129 cm³/mol. The quantitative estimate of drug-likeness (QED) is 0.395. The molecular formula is C26H26N4OS. The van der Waals surface area contributed by atoms with E-state index >= 15 is 0 Å². The van der Waals surface area contributed by atoms with Gasteiger partial charge in [0.25, 0.3) is 0 Å². The van der Waals surface area contributed by atoms with E-state index in [0.717, 1.165) is 17.1 Å². The minimum atomic E-state index is -0.0295. The summed E-state index contributed by atoms with van der Waals surface area (Å²) >= 11 is 1.40. The van der Waals surface area contributed by atoms with Crippen molar-refractivity contribution < 1.29 is 4.79 Å². The first-order valence-electron chi connectivity index (χ1n) is 10.6. The molecule has 32 heavy (non-hydrogen) atoms. The van der Waals surface area contributed by atoms with E-state index in [1.54, 1.807) is 0 Å². The Bertz CT molecular complexity index is 1190. The molecule has 0 radical (unpaired) electrons. The van der Waals surface area contributed by atoms with Crippen molar-refractivity contribution in [2.75, 3.05) is 5.75 Å². The number of aryl methyl sites for hydroxylation is 2. The van der Waals surface area contributed by atoms with Crippen LogP contribution in [0.3, 0.4) is 0 Å². The number of aromatic nitrogens is 3. The molecule has 0 atom stereocenters. The summed E-state index contributed by atoms with van der Waals surface area (Å²) in [7, 11) is 0. The molecule has 0 aliphatic carbocycles. The number of rotatable bonds is 8. The van der Waals surface area contributed by atoms with Crippen molar-refractivity contribution in [1.29, 1.82) is 0 Å². The number of thioether (sulfide) groups is 1. The van der Waals surface area contributed by atoms with E-state index in [1.807, 2.05) is 48.5 Å². The summed E-state index contributed by atoms with van der Waals surface area (Å²) < 4.78 is 2.06. The van der Waals surface area contributed by atoms with Gasteiger partial charge in [-0.2, -0.15) is 0 Å². The van der Waals surface area contributed by atoms with Crippen molar-refractivity contribution >= 4 is 17.7 Å². The van der Waals surface area contributed by atoms with Crippen LogP contribution in [0.5, 0.6) is 0 Å². The maximum absolute atomic E-state index is 12.4. The van der Waals surface area contributed by atoms with Gasteiger partial charge < -0.3 is 5.32 Å². The number of hydrogen-bond acceptors (Lipinski definition) is 4. The molecule has 0 bridgehead atoms. The Morgan fingerprint density at radius 1 is 0.875 bits per heavy atom. The molecule has 5 nitrogen and oxygen atoms in total. The summed E-state index contributed by atoms with van der Waals surface area (Å²) in [6.07, 6.45) is 0.668. The van der Waals surface area contributed by atoms with Gasteiger partial charge in [-0.15, -0.1) is 10.2 Å². The van der Waals surface area contributed by atoms with Gasteiger partial charge >= 0.3 is 0 Å². The van der Waals surface area contributed by atoms with Crippen LogP contribution in [0.4, 0.5) is 0 Å². The molecule has 4 aromatic rings. The van der Waals surface area contributed by atoms with Gasteiger partial charge in [-0.1, -0.05) is 78.5 Å². The topological polar surface area (TPSA) is 59.8 Å². The first-order valence-corrected chi connectivity index (χ1v) is 11.6. The monoisotopic (exact) mass is 442 g/mol. The van der Waals surface area contributed by atoms with Gasteiger partial charge in [-0.05, 0) is 48.2 Å². The molecule has 0 aliphatic rings. The number of nitrogens with zero attached hydrogens (tertiary/aromatic N) is 3. The molecule has 4 rings (SSSR count). The molecule has 0 unspecified atom stereocenters. The van der Waals surface area contributed by atoms with Crippen LogP contribution in [0.15, 0.2) is 84.0 Å². The highest BCUT2D eigenvalue weighted by Gasteiger charge is 2.17. The Labute approximate surface area is 192 Å². The lowest BCUT2D eigenvalue weighted by Crippen LogP contribution is -2.24. The van der Waals surface area contributed by atoms with Crippen molar-refractivity contribution in [2.24, 2.45) is 0 Å². The van der Waals surface area contributed by atoms with E-state index in [1.165, 1.54) is 28.5 Å². The Morgan fingerprint density at radius 2 is 1.56 bits per heavy atom. The lowest BCUT2D eigenvalue weighted by molar-refractivity contribution is -0.118. The Kier molecular flexibility index (Phi) is 7.02. The van der Waals surface area contributed by atoms with Gasteiger partial charge in [-0.3, -0.25) is 9.36 Å². The molecule has 0 saturated heterocycles. The lowest BCUT2D eigenvalue weighted by Gasteiger charge is -2.12. The number of hydrogen-bond donors (Lipinski definition) is 1. The highest BCUT2D eigenvalue weighted by Crippen LogP contribution is 2.25. The highest BCUT2D eigenvalue weighted by molar-refractivity contribution is 7.99. The summed E-state index contributed by atoms with van der Waals surface area (Å²) in [5, 5.41) is 12.6. The average Bonchev–Trinajstić information content (AvgIpc) is 3.21. The zero-order chi connectivity index (χ0) is 22.3. The molecular weight excluding hydrogens is 416 g/mol. The van der Waals surface area contributed by atoms with E-state index < -0.39 is 0 Å². The first-order chi connectivity index (χ1) is 15.6. The Hall–Kier alpha value is -3.38. The standard InChI is InChI=1S/C26H26N4OS/c1-19-13-14-23(15-20(19)2)30-24(16-21-9-5-3-6-10-21)28-29-26(30)32-18-25(31)27-17-22-11-7-4-8-12-22/h3-15H,16-18H2,1-2H3,(H,27,31). The molecule has 1 amide bonds. The van der Waals surface area contributed by atoms with Crippen molar-refractivity contribution in [3.63, 3.8) is 0 Å². The molecule has 0 aliphatic heterocycles. The minimum absolute atomic E-state index is 0.0295. The Balaban J connectivity index is 1.53. The average molecular weight is 443 g/mol. The fraction of sp³-hybridized carbons (Fsp3) is 0.192.